The normalized spacial score (nSPS) is 14.6. The van der Waals surface area contributed by atoms with E-state index in [1.54, 1.807) is 0 Å². The van der Waals surface area contributed by atoms with Crippen molar-refractivity contribution >= 4 is 0 Å². The molecule has 18 heavy (non-hydrogen) atoms. The summed E-state index contributed by atoms with van der Waals surface area (Å²) in [6.07, 6.45) is 1.16. The summed E-state index contributed by atoms with van der Waals surface area (Å²) in [7, 11) is 0. The lowest BCUT2D eigenvalue weighted by atomic mass is 9.85. The van der Waals surface area contributed by atoms with Gasteiger partial charge < -0.3 is 5.32 Å². The van der Waals surface area contributed by atoms with Crippen LogP contribution in [0.15, 0.2) is 30.3 Å². The summed E-state index contributed by atoms with van der Waals surface area (Å²) < 4.78 is 0. The molecule has 1 unspecified atom stereocenters. The van der Waals surface area contributed by atoms with Gasteiger partial charge in [-0.1, -0.05) is 71.9 Å². The summed E-state index contributed by atoms with van der Waals surface area (Å²) >= 11 is 0. The van der Waals surface area contributed by atoms with Crippen molar-refractivity contribution in [2.75, 3.05) is 6.54 Å². The van der Waals surface area contributed by atoms with Gasteiger partial charge in [0.25, 0.3) is 0 Å². The Labute approximate surface area is 113 Å². The van der Waals surface area contributed by atoms with E-state index in [0.29, 0.717) is 16.9 Å². The third kappa shape index (κ3) is 6.20. The van der Waals surface area contributed by atoms with Gasteiger partial charge in [-0.05, 0) is 22.8 Å². The SMILES string of the molecule is CC(C)(C)CNC(CC(C)(C)C)c1ccccc1. The van der Waals surface area contributed by atoms with Crippen LogP contribution in [-0.4, -0.2) is 6.54 Å². The molecule has 1 aromatic rings. The molecule has 0 heterocycles. The van der Waals surface area contributed by atoms with Gasteiger partial charge in [-0.2, -0.15) is 0 Å². The standard InChI is InChI=1S/C17H29N/c1-16(2,3)12-15(18-13-17(4,5)6)14-10-8-7-9-11-14/h7-11,15,18H,12-13H2,1-6H3. The predicted molar refractivity (Wildman–Crippen MR) is 80.7 cm³/mol. The Kier molecular flexibility index (Phi) is 4.98. The Morgan fingerprint density at radius 3 is 1.89 bits per heavy atom. The molecule has 0 fully saturated rings. The highest BCUT2D eigenvalue weighted by atomic mass is 14.9. The highest BCUT2D eigenvalue weighted by Gasteiger charge is 2.21. The lowest BCUT2D eigenvalue weighted by molar-refractivity contribution is 0.280. The second-order valence-corrected chi connectivity index (χ2v) is 7.67. The van der Waals surface area contributed by atoms with E-state index in [4.69, 9.17) is 0 Å². The monoisotopic (exact) mass is 247 g/mol. The highest BCUT2D eigenvalue weighted by molar-refractivity contribution is 5.19. The highest BCUT2D eigenvalue weighted by Crippen LogP contribution is 2.30. The van der Waals surface area contributed by atoms with Crippen molar-refractivity contribution in [1.82, 2.24) is 5.32 Å². The quantitative estimate of drug-likeness (QED) is 0.806. The first-order chi connectivity index (χ1) is 8.17. The zero-order valence-electron chi connectivity index (χ0n) is 12.9. The van der Waals surface area contributed by atoms with Crippen molar-refractivity contribution in [1.29, 1.82) is 0 Å². The molecule has 0 saturated heterocycles. The van der Waals surface area contributed by atoms with Gasteiger partial charge in [0.15, 0.2) is 0 Å². The van der Waals surface area contributed by atoms with E-state index in [0.717, 1.165) is 13.0 Å². The molecule has 1 rings (SSSR count). The number of rotatable bonds is 4. The molecule has 1 N–H and O–H groups in total. The van der Waals surface area contributed by atoms with Crippen LogP contribution in [0.3, 0.4) is 0 Å². The zero-order valence-corrected chi connectivity index (χ0v) is 12.9. The van der Waals surface area contributed by atoms with Crippen molar-refractivity contribution in [2.24, 2.45) is 10.8 Å². The van der Waals surface area contributed by atoms with E-state index in [1.165, 1.54) is 5.56 Å². The fourth-order valence-corrected chi connectivity index (χ4v) is 2.03. The molecule has 0 aliphatic carbocycles. The zero-order chi connectivity index (χ0) is 13.8. The lowest BCUT2D eigenvalue weighted by Gasteiger charge is -2.30. The molecule has 0 saturated carbocycles. The first-order valence-electron chi connectivity index (χ1n) is 6.96. The molecule has 0 radical (unpaired) electrons. The number of benzene rings is 1. The summed E-state index contributed by atoms with van der Waals surface area (Å²) in [5, 5.41) is 3.73. The van der Waals surface area contributed by atoms with Crippen LogP contribution in [0, 0.1) is 10.8 Å². The number of nitrogens with one attached hydrogen (secondary N) is 1. The Balaban J connectivity index is 2.76. The van der Waals surface area contributed by atoms with Gasteiger partial charge in [-0.25, -0.2) is 0 Å². The van der Waals surface area contributed by atoms with Crippen LogP contribution in [0.4, 0.5) is 0 Å². The second-order valence-electron chi connectivity index (χ2n) is 7.67. The molecule has 1 atom stereocenters. The summed E-state index contributed by atoms with van der Waals surface area (Å²) in [6.45, 7) is 14.8. The molecule has 0 amide bonds. The van der Waals surface area contributed by atoms with Crippen LogP contribution in [-0.2, 0) is 0 Å². The number of hydrogen-bond donors (Lipinski definition) is 1. The van der Waals surface area contributed by atoms with E-state index >= 15 is 0 Å². The maximum atomic E-state index is 3.73. The minimum absolute atomic E-state index is 0.324. The first kappa shape index (κ1) is 15.2. The minimum atomic E-state index is 0.324. The smallest absolute Gasteiger partial charge is 0.0325 e. The Hall–Kier alpha value is -0.820. The molecule has 0 spiro atoms. The van der Waals surface area contributed by atoms with Gasteiger partial charge in [0.2, 0.25) is 0 Å². The Bertz CT molecular complexity index is 340. The Morgan fingerprint density at radius 1 is 0.889 bits per heavy atom. The molecular weight excluding hydrogens is 218 g/mol. The topological polar surface area (TPSA) is 12.0 Å². The molecule has 0 aliphatic rings. The number of hydrogen-bond acceptors (Lipinski definition) is 1. The molecule has 0 aromatic heterocycles. The van der Waals surface area contributed by atoms with Crippen LogP contribution in [0.5, 0.6) is 0 Å². The van der Waals surface area contributed by atoms with Crippen LogP contribution in [0.2, 0.25) is 0 Å². The van der Waals surface area contributed by atoms with Crippen LogP contribution < -0.4 is 5.32 Å². The minimum Gasteiger partial charge on any atom is -0.309 e. The molecule has 1 heteroatoms. The maximum Gasteiger partial charge on any atom is 0.0325 e. The predicted octanol–water partition coefficient (Wildman–Crippen LogP) is 4.80. The van der Waals surface area contributed by atoms with Gasteiger partial charge in [0.1, 0.15) is 0 Å². The Morgan fingerprint density at radius 2 is 1.44 bits per heavy atom. The van der Waals surface area contributed by atoms with Crippen molar-refractivity contribution in [3.63, 3.8) is 0 Å². The fourth-order valence-electron chi connectivity index (χ4n) is 2.03. The summed E-state index contributed by atoms with van der Waals surface area (Å²) in [4.78, 5) is 0. The average molecular weight is 247 g/mol. The van der Waals surface area contributed by atoms with Gasteiger partial charge in [-0.15, -0.1) is 0 Å². The lowest BCUT2D eigenvalue weighted by Crippen LogP contribution is -2.32. The van der Waals surface area contributed by atoms with Gasteiger partial charge >= 0.3 is 0 Å². The second kappa shape index (κ2) is 5.88. The van der Waals surface area contributed by atoms with E-state index in [-0.39, 0.29) is 0 Å². The molecule has 0 aliphatic heterocycles. The van der Waals surface area contributed by atoms with E-state index < -0.39 is 0 Å². The van der Waals surface area contributed by atoms with Gasteiger partial charge in [-0.3, -0.25) is 0 Å². The van der Waals surface area contributed by atoms with Crippen molar-refractivity contribution < 1.29 is 0 Å². The molecule has 1 aromatic carbocycles. The van der Waals surface area contributed by atoms with Crippen molar-refractivity contribution in [2.45, 2.75) is 54.0 Å². The fraction of sp³-hybridized carbons (Fsp3) is 0.647. The van der Waals surface area contributed by atoms with Crippen LogP contribution >= 0.6 is 0 Å². The summed E-state index contributed by atoms with van der Waals surface area (Å²) in [5.41, 5.74) is 2.06. The first-order valence-corrected chi connectivity index (χ1v) is 6.96. The molecule has 0 bridgehead atoms. The largest absolute Gasteiger partial charge is 0.309 e. The maximum absolute atomic E-state index is 3.73. The van der Waals surface area contributed by atoms with Gasteiger partial charge in [0.05, 0.1) is 0 Å². The van der Waals surface area contributed by atoms with Crippen molar-refractivity contribution in [3.05, 3.63) is 35.9 Å². The van der Waals surface area contributed by atoms with Crippen LogP contribution in [0.1, 0.15) is 59.6 Å². The molecule has 102 valence electrons. The van der Waals surface area contributed by atoms with Crippen LogP contribution in [0.25, 0.3) is 0 Å². The summed E-state index contributed by atoms with van der Waals surface area (Å²) in [5.74, 6) is 0. The molecular formula is C17H29N. The third-order valence-corrected chi connectivity index (χ3v) is 2.90. The average Bonchev–Trinajstić information content (AvgIpc) is 2.23. The van der Waals surface area contributed by atoms with E-state index in [1.807, 2.05) is 0 Å². The van der Waals surface area contributed by atoms with Gasteiger partial charge in [0, 0.05) is 12.6 Å². The molecule has 1 nitrogen and oxygen atoms in total. The van der Waals surface area contributed by atoms with Crippen molar-refractivity contribution in [3.8, 4) is 0 Å². The summed E-state index contributed by atoms with van der Waals surface area (Å²) in [6, 6.07) is 11.2. The van der Waals surface area contributed by atoms with E-state index in [9.17, 15) is 0 Å². The third-order valence-electron chi connectivity index (χ3n) is 2.90. The van der Waals surface area contributed by atoms with E-state index in [2.05, 4.69) is 77.2 Å².